The molecule has 0 N–H and O–H groups in total. The van der Waals surface area contributed by atoms with Crippen molar-refractivity contribution in [2.24, 2.45) is 0 Å². The molecule has 2 heterocycles. The fraction of sp³-hybridized carbons (Fsp3) is 0.429. The van der Waals surface area contributed by atoms with E-state index in [4.69, 9.17) is 9.47 Å². The summed E-state index contributed by atoms with van der Waals surface area (Å²) in [5.41, 5.74) is 2.11. The molecule has 6 heteroatoms. The van der Waals surface area contributed by atoms with Crippen LogP contribution in [-0.4, -0.2) is 34.8 Å². The normalized spacial score (nSPS) is 20.3. The third-order valence-electron chi connectivity index (χ3n) is 5.11. The zero-order valence-electron chi connectivity index (χ0n) is 15.5. The second-order valence-corrected chi connectivity index (χ2v) is 8.05. The molecule has 0 bridgehead atoms. The molecule has 2 fully saturated rings. The van der Waals surface area contributed by atoms with Gasteiger partial charge in [0, 0.05) is 18.9 Å². The first-order chi connectivity index (χ1) is 13.2. The van der Waals surface area contributed by atoms with Crippen molar-refractivity contribution in [1.29, 1.82) is 0 Å². The molecular weight excluding hydrogens is 360 g/mol. The molecule has 1 aliphatic heterocycles. The number of pyridine rings is 1. The van der Waals surface area contributed by atoms with E-state index in [-0.39, 0.29) is 17.4 Å². The van der Waals surface area contributed by atoms with Crippen LogP contribution in [0.15, 0.2) is 42.7 Å². The molecule has 142 valence electrons. The average Bonchev–Trinajstić information content (AvgIpc) is 3.33. The molecule has 0 radical (unpaired) electrons. The van der Waals surface area contributed by atoms with E-state index in [1.54, 1.807) is 25.1 Å². The molecule has 2 aromatic rings. The summed E-state index contributed by atoms with van der Waals surface area (Å²) in [4.78, 5) is 18.6. The maximum atomic E-state index is 12.5. The van der Waals surface area contributed by atoms with Gasteiger partial charge in [-0.2, -0.15) is 0 Å². The van der Waals surface area contributed by atoms with Crippen molar-refractivity contribution in [3.8, 4) is 11.5 Å². The number of nitrogens with zero attached hydrogens (tertiary/aromatic N) is 2. The molecule has 0 spiro atoms. The molecule has 1 aromatic heterocycles. The monoisotopic (exact) mass is 384 g/mol. The van der Waals surface area contributed by atoms with E-state index in [1.165, 1.54) is 12.8 Å². The summed E-state index contributed by atoms with van der Waals surface area (Å²) >= 11 is 1.66. The topological polar surface area (TPSA) is 51.7 Å². The summed E-state index contributed by atoms with van der Waals surface area (Å²) < 4.78 is 11.7. The quantitative estimate of drug-likeness (QED) is 0.748. The second kappa shape index (κ2) is 8.21. The van der Waals surface area contributed by atoms with Crippen LogP contribution in [-0.2, 0) is 11.3 Å². The lowest BCUT2D eigenvalue weighted by molar-refractivity contribution is -0.128. The molecule has 1 unspecified atom stereocenters. The Bertz CT molecular complexity index is 793. The van der Waals surface area contributed by atoms with Gasteiger partial charge < -0.3 is 14.4 Å². The first-order valence-corrected chi connectivity index (χ1v) is 10.4. The fourth-order valence-corrected chi connectivity index (χ4v) is 4.89. The molecule has 5 nitrogen and oxygen atoms in total. The summed E-state index contributed by atoms with van der Waals surface area (Å²) in [6.45, 7) is 0.565. The molecule has 1 atom stereocenters. The number of carbonyl (C=O) groups excluding carboxylic acids is 1. The van der Waals surface area contributed by atoms with E-state index in [1.807, 2.05) is 41.4 Å². The van der Waals surface area contributed by atoms with Gasteiger partial charge in [0.15, 0.2) is 11.5 Å². The first-order valence-electron chi connectivity index (χ1n) is 9.39. The fourth-order valence-electron chi connectivity index (χ4n) is 3.71. The van der Waals surface area contributed by atoms with Crippen LogP contribution in [0.1, 0.15) is 42.2 Å². The Kier molecular flexibility index (Phi) is 5.53. The van der Waals surface area contributed by atoms with Gasteiger partial charge in [0.2, 0.25) is 5.91 Å². The van der Waals surface area contributed by atoms with E-state index in [2.05, 4.69) is 4.98 Å². The molecule has 1 aromatic carbocycles. The Morgan fingerprint density at radius 2 is 2.07 bits per heavy atom. The number of benzene rings is 1. The number of hydrogen-bond acceptors (Lipinski definition) is 5. The Labute approximate surface area is 164 Å². The summed E-state index contributed by atoms with van der Waals surface area (Å²) in [6.07, 6.45) is 8.46. The van der Waals surface area contributed by atoms with Gasteiger partial charge in [-0.05, 0) is 55.0 Å². The number of methoxy groups -OCH3 is 1. The van der Waals surface area contributed by atoms with Crippen molar-refractivity contribution in [3.63, 3.8) is 0 Å². The second-order valence-electron chi connectivity index (χ2n) is 6.98. The highest BCUT2D eigenvalue weighted by molar-refractivity contribution is 8.00. The van der Waals surface area contributed by atoms with Crippen molar-refractivity contribution in [2.75, 3.05) is 12.9 Å². The Morgan fingerprint density at radius 3 is 2.81 bits per heavy atom. The third kappa shape index (κ3) is 4.05. The standard InChI is InChI=1S/C21H24N2O3S/c1-25-18-9-8-16(11-19(18)26-17-6-2-3-7-17)21-23(20(24)14-27-21)13-15-5-4-10-22-12-15/h4-5,8-12,17,21H,2-3,6-7,13-14H2,1H3. The molecule has 1 saturated carbocycles. The van der Waals surface area contributed by atoms with Crippen LogP contribution in [0.2, 0.25) is 0 Å². The molecule has 1 saturated heterocycles. The van der Waals surface area contributed by atoms with E-state index in [0.29, 0.717) is 12.3 Å². The third-order valence-corrected chi connectivity index (χ3v) is 6.37. The summed E-state index contributed by atoms with van der Waals surface area (Å²) in [5.74, 6) is 2.18. The van der Waals surface area contributed by atoms with Crippen LogP contribution in [0.3, 0.4) is 0 Å². The number of aromatic nitrogens is 1. The minimum atomic E-state index is -0.0189. The lowest BCUT2D eigenvalue weighted by atomic mass is 10.1. The first kappa shape index (κ1) is 18.2. The maximum absolute atomic E-state index is 12.5. The van der Waals surface area contributed by atoms with Gasteiger partial charge in [-0.25, -0.2) is 0 Å². The van der Waals surface area contributed by atoms with Crippen LogP contribution < -0.4 is 9.47 Å². The minimum absolute atomic E-state index is 0.0189. The van der Waals surface area contributed by atoms with Crippen molar-refractivity contribution in [1.82, 2.24) is 9.88 Å². The number of carbonyl (C=O) groups is 1. The molecular formula is C21H24N2O3S. The molecule has 27 heavy (non-hydrogen) atoms. The average molecular weight is 385 g/mol. The van der Waals surface area contributed by atoms with Crippen LogP contribution >= 0.6 is 11.8 Å². The van der Waals surface area contributed by atoms with E-state index in [9.17, 15) is 4.79 Å². The Morgan fingerprint density at radius 1 is 1.22 bits per heavy atom. The van der Waals surface area contributed by atoms with E-state index in [0.717, 1.165) is 35.5 Å². The minimum Gasteiger partial charge on any atom is -0.493 e. The number of hydrogen-bond donors (Lipinski definition) is 0. The summed E-state index contributed by atoms with van der Waals surface area (Å²) in [5, 5.41) is -0.0189. The number of thioether (sulfide) groups is 1. The van der Waals surface area contributed by atoms with Crippen LogP contribution in [0, 0.1) is 0 Å². The van der Waals surface area contributed by atoms with Crippen LogP contribution in [0.4, 0.5) is 0 Å². The van der Waals surface area contributed by atoms with Crippen molar-refractivity contribution < 1.29 is 14.3 Å². The summed E-state index contributed by atoms with van der Waals surface area (Å²) in [6, 6.07) is 9.93. The number of ether oxygens (including phenoxy) is 2. The predicted octanol–water partition coefficient (Wildman–Crippen LogP) is 4.19. The Hall–Kier alpha value is -2.21. The zero-order chi connectivity index (χ0) is 18.6. The molecule has 4 rings (SSSR count). The smallest absolute Gasteiger partial charge is 0.234 e. The highest BCUT2D eigenvalue weighted by Gasteiger charge is 2.33. The lowest BCUT2D eigenvalue weighted by Crippen LogP contribution is -2.27. The summed E-state index contributed by atoms with van der Waals surface area (Å²) in [7, 11) is 1.67. The highest BCUT2D eigenvalue weighted by atomic mass is 32.2. The van der Waals surface area contributed by atoms with Crippen molar-refractivity contribution in [2.45, 2.75) is 43.7 Å². The zero-order valence-corrected chi connectivity index (χ0v) is 16.3. The van der Waals surface area contributed by atoms with Crippen molar-refractivity contribution >= 4 is 17.7 Å². The maximum Gasteiger partial charge on any atom is 0.234 e. The largest absolute Gasteiger partial charge is 0.493 e. The van der Waals surface area contributed by atoms with Gasteiger partial charge in [-0.3, -0.25) is 9.78 Å². The molecule has 2 aliphatic rings. The van der Waals surface area contributed by atoms with E-state index >= 15 is 0 Å². The Balaban J connectivity index is 1.57. The van der Waals surface area contributed by atoms with Gasteiger partial charge >= 0.3 is 0 Å². The molecule has 1 amide bonds. The number of amides is 1. The van der Waals surface area contributed by atoms with Crippen molar-refractivity contribution in [3.05, 3.63) is 53.9 Å². The van der Waals surface area contributed by atoms with Crippen LogP contribution in [0.5, 0.6) is 11.5 Å². The van der Waals surface area contributed by atoms with Gasteiger partial charge in [-0.1, -0.05) is 12.1 Å². The molecule has 1 aliphatic carbocycles. The van der Waals surface area contributed by atoms with Gasteiger partial charge in [0.05, 0.1) is 19.0 Å². The van der Waals surface area contributed by atoms with Crippen LogP contribution in [0.25, 0.3) is 0 Å². The lowest BCUT2D eigenvalue weighted by Gasteiger charge is -2.25. The van der Waals surface area contributed by atoms with Gasteiger partial charge in [-0.15, -0.1) is 11.8 Å². The van der Waals surface area contributed by atoms with Gasteiger partial charge in [0.1, 0.15) is 5.37 Å². The number of rotatable bonds is 6. The van der Waals surface area contributed by atoms with E-state index < -0.39 is 0 Å². The highest BCUT2D eigenvalue weighted by Crippen LogP contribution is 2.42. The van der Waals surface area contributed by atoms with Gasteiger partial charge in [0.25, 0.3) is 0 Å². The SMILES string of the molecule is COc1ccc(C2SCC(=O)N2Cc2cccnc2)cc1OC1CCCC1. The predicted molar refractivity (Wildman–Crippen MR) is 106 cm³/mol.